The molecule has 0 aliphatic rings. The third-order valence-electron chi connectivity index (χ3n) is 1.70. The molecule has 0 saturated heterocycles. The smallest absolute Gasteiger partial charge is 0.259 e. The van der Waals surface area contributed by atoms with E-state index in [1.165, 1.54) is 6.92 Å². The Labute approximate surface area is 90.1 Å². The summed E-state index contributed by atoms with van der Waals surface area (Å²) in [4.78, 5) is 2.86. The molecule has 0 aromatic carbocycles. The Morgan fingerprint density at radius 3 is 2.40 bits per heavy atom. The maximum Gasteiger partial charge on any atom is 0.266 e. The number of pyridine rings is 1. The molecule has 2 N–H and O–H groups in total. The van der Waals surface area contributed by atoms with Gasteiger partial charge in [0.1, 0.15) is 4.90 Å². The molecule has 0 spiro atoms. The van der Waals surface area contributed by atoms with E-state index < -0.39 is 31.9 Å². The molecule has 1 aromatic heterocycles. The average Bonchev–Trinajstić information content (AvgIpc) is 2.05. The summed E-state index contributed by atoms with van der Waals surface area (Å²) in [5, 5.41) is 4.39. The molecule has 0 amide bonds. The fraction of sp³-hybridized carbons (Fsp3) is 0.286. The molecular weight excluding hydrogens is 250 g/mol. The zero-order valence-electron chi connectivity index (χ0n) is 7.54. The number of rotatable bonds is 2. The molecule has 84 valence electrons. The molecule has 1 heterocycles. The number of nitrogens with zero attached hydrogens (tertiary/aromatic N) is 1. The number of sulfonamides is 1. The number of hydrogen-bond acceptors (Lipinski definition) is 3. The normalized spacial score (nSPS) is 12.1. The first-order valence-electron chi connectivity index (χ1n) is 3.71. The molecule has 15 heavy (non-hydrogen) atoms. The molecule has 1 aromatic rings. The Hall–Kier alpha value is -0.790. The number of alkyl halides is 2. The van der Waals surface area contributed by atoms with Crippen LogP contribution in [0.4, 0.5) is 8.78 Å². The average molecular weight is 257 g/mol. The summed E-state index contributed by atoms with van der Waals surface area (Å²) in [5.41, 5.74) is -0.899. The maximum absolute atomic E-state index is 12.6. The molecule has 4 nitrogen and oxygen atoms in total. The third-order valence-corrected chi connectivity index (χ3v) is 3.09. The second-order valence-electron chi connectivity index (χ2n) is 2.78. The van der Waals surface area contributed by atoms with Crippen LogP contribution in [0, 0.1) is 6.92 Å². The van der Waals surface area contributed by atoms with Crippen molar-refractivity contribution in [2.75, 3.05) is 0 Å². The van der Waals surface area contributed by atoms with Gasteiger partial charge in [-0.2, -0.15) is 0 Å². The minimum absolute atomic E-state index is 0.0998. The van der Waals surface area contributed by atoms with E-state index in [4.69, 9.17) is 16.7 Å². The summed E-state index contributed by atoms with van der Waals surface area (Å²) in [7, 11) is -4.26. The van der Waals surface area contributed by atoms with Crippen LogP contribution < -0.4 is 5.14 Å². The fourth-order valence-corrected chi connectivity index (χ4v) is 2.40. The van der Waals surface area contributed by atoms with Crippen LogP contribution in [0.15, 0.2) is 11.1 Å². The SMILES string of the molecule is Cc1ncc(Cl)c(C(F)F)c1S(N)(=O)=O. The van der Waals surface area contributed by atoms with Crippen LogP contribution in [-0.4, -0.2) is 13.4 Å². The monoisotopic (exact) mass is 256 g/mol. The van der Waals surface area contributed by atoms with Crippen molar-refractivity contribution in [2.24, 2.45) is 5.14 Å². The van der Waals surface area contributed by atoms with E-state index >= 15 is 0 Å². The van der Waals surface area contributed by atoms with Gasteiger partial charge in [-0.25, -0.2) is 22.3 Å². The third kappa shape index (κ3) is 2.42. The zero-order chi connectivity index (χ0) is 11.8. The van der Waals surface area contributed by atoms with Crippen LogP contribution in [-0.2, 0) is 10.0 Å². The Kier molecular flexibility index (Phi) is 3.27. The Morgan fingerprint density at radius 2 is 2.07 bits per heavy atom. The van der Waals surface area contributed by atoms with Crippen molar-refractivity contribution in [3.8, 4) is 0 Å². The van der Waals surface area contributed by atoms with Crippen molar-refractivity contribution in [1.29, 1.82) is 0 Å². The highest BCUT2D eigenvalue weighted by molar-refractivity contribution is 7.89. The minimum atomic E-state index is -4.26. The lowest BCUT2D eigenvalue weighted by atomic mass is 10.2. The van der Waals surface area contributed by atoms with Crippen LogP contribution in [0.25, 0.3) is 0 Å². The number of nitrogens with two attached hydrogens (primary N) is 1. The van der Waals surface area contributed by atoms with Gasteiger partial charge in [0.2, 0.25) is 10.0 Å². The molecule has 8 heteroatoms. The highest BCUT2D eigenvalue weighted by atomic mass is 35.5. The van der Waals surface area contributed by atoms with Gasteiger partial charge in [-0.3, -0.25) is 4.98 Å². The Morgan fingerprint density at radius 1 is 1.53 bits per heavy atom. The lowest BCUT2D eigenvalue weighted by Gasteiger charge is -2.10. The number of aromatic nitrogens is 1. The summed E-state index contributed by atoms with van der Waals surface area (Å²) in [5.74, 6) is 0. The summed E-state index contributed by atoms with van der Waals surface area (Å²) >= 11 is 5.44. The van der Waals surface area contributed by atoms with Gasteiger partial charge in [0.15, 0.2) is 0 Å². The van der Waals surface area contributed by atoms with Crippen molar-refractivity contribution in [1.82, 2.24) is 4.98 Å². The fourth-order valence-electron chi connectivity index (χ4n) is 1.15. The Bertz CT molecular complexity index is 490. The van der Waals surface area contributed by atoms with E-state index in [0.29, 0.717) is 0 Å². The van der Waals surface area contributed by atoms with Crippen LogP contribution in [0.1, 0.15) is 17.7 Å². The van der Waals surface area contributed by atoms with Crippen LogP contribution in [0.3, 0.4) is 0 Å². The quantitative estimate of drug-likeness (QED) is 0.874. The predicted octanol–water partition coefficient (Wildman–Crippen LogP) is 1.63. The van der Waals surface area contributed by atoms with E-state index in [0.717, 1.165) is 6.20 Å². The number of primary sulfonamides is 1. The van der Waals surface area contributed by atoms with Crippen molar-refractivity contribution in [2.45, 2.75) is 18.2 Å². The Balaban J connectivity index is 3.68. The van der Waals surface area contributed by atoms with E-state index in [-0.39, 0.29) is 5.69 Å². The van der Waals surface area contributed by atoms with Crippen molar-refractivity contribution in [3.63, 3.8) is 0 Å². The zero-order valence-corrected chi connectivity index (χ0v) is 9.11. The molecule has 0 radical (unpaired) electrons. The van der Waals surface area contributed by atoms with E-state index in [1.807, 2.05) is 0 Å². The second kappa shape index (κ2) is 3.99. The summed E-state index contributed by atoms with van der Waals surface area (Å²) in [6.07, 6.45) is -2.06. The molecule has 0 unspecified atom stereocenters. The molecule has 0 atom stereocenters. The minimum Gasteiger partial charge on any atom is -0.259 e. The topological polar surface area (TPSA) is 73.0 Å². The second-order valence-corrected chi connectivity index (χ2v) is 4.69. The molecule has 0 saturated carbocycles. The summed E-state index contributed by atoms with van der Waals surface area (Å²) in [6.45, 7) is 1.27. The van der Waals surface area contributed by atoms with Crippen LogP contribution in [0.5, 0.6) is 0 Å². The van der Waals surface area contributed by atoms with Gasteiger partial charge in [-0.05, 0) is 6.92 Å². The first-order valence-corrected chi connectivity index (χ1v) is 5.63. The first-order chi connectivity index (χ1) is 6.75. The largest absolute Gasteiger partial charge is 0.266 e. The standard InChI is InChI=1S/C7H7ClF2N2O2S/c1-3-6(15(11,13)14)5(7(9)10)4(8)2-12-3/h2,7H,1H3,(H2,11,13,14). The molecule has 0 bridgehead atoms. The van der Waals surface area contributed by atoms with Gasteiger partial charge in [0, 0.05) is 6.20 Å². The first kappa shape index (κ1) is 12.3. The van der Waals surface area contributed by atoms with E-state index in [2.05, 4.69) is 4.98 Å². The maximum atomic E-state index is 12.6. The molecule has 0 aliphatic carbocycles. The van der Waals surface area contributed by atoms with E-state index in [1.54, 1.807) is 0 Å². The predicted molar refractivity (Wildman–Crippen MR) is 50.3 cm³/mol. The molecular formula is C7H7ClF2N2O2S. The lowest BCUT2D eigenvalue weighted by Crippen LogP contribution is -2.17. The van der Waals surface area contributed by atoms with Crippen molar-refractivity contribution < 1.29 is 17.2 Å². The van der Waals surface area contributed by atoms with Gasteiger partial charge in [-0.15, -0.1) is 0 Å². The highest BCUT2D eigenvalue weighted by Crippen LogP contribution is 2.33. The van der Waals surface area contributed by atoms with Gasteiger partial charge in [-0.1, -0.05) is 11.6 Å². The number of aryl methyl sites for hydroxylation is 1. The van der Waals surface area contributed by atoms with Crippen molar-refractivity contribution in [3.05, 3.63) is 22.5 Å². The van der Waals surface area contributed by atoms with Crippen molar-refractivity contribution >= 4 is 21.6 Å². The lowest BCUT2D eigenvalue weighted by molar-refractivity contribution is 0.147. The van der Waals surface area contributed by atoms with E-state index in [9.17, 15) is 17.2 Å². The van der Waals surface area contributed by atoms with Gasteiger partial charge >= 0.3 is 0 Å². The summed E-state index contributed by atoms with van der Waals surface area (Å²) in [6, 6.07) is 0. The molecule has 0 aliphatic heterocycles. The molecule has 0 fully saturated rings. The number of hydrogen-bond donors (Lipinski definition) is 1. The van der Waals surface area contributed by atoms with Gasteiger partial charge in [0.05, 0.1) is 16.3 Å². The highest BCUT2D eigenvalue weighted by Gasteiger charge is 2.26. The summed E-state index contributed by atoms with van der Waals surface area (Å²) < 4.78 is 47.3. The van der Waals surface area contributed by atoms with Crippen LogP contribution >= 0.6 is 11.6 Å². The molecule has 1 rings (SSSR count). The number of halogens is 3. The van der Waals surface area contributed by atoms with Crippen LogP contribution in [0.2, 0.25) is 5.02 Å². The van der Waals surface area contributed by atoms with Gasteiger partial charge in [0.25, 0.3) is 6.43 Å². The van der Waals surface area contributed by atoms with Gasteiger partial charge < -0.3 is 0 Å².